The molecule has 2 rings (SSSR count). The van der Waals surface area contributed by atoms with E-state index in [4.69, 9.17) is 0 Å². The molecule has 0 saturated heterocycles. The van der Waals surface area contributed by atoms with Gasteiger partial charge in [-0.1, -0.05) is 18.2 Å². The summed E-state index contributed by atoms with van der Waals surface area (Å²) in [5, 5.41) is 7.78. The van der Waals surface area contributed by atoms with Crippen molar-refractivity contribution in [1.82, 2.24) is 19.5 Å². The fourth-order valence-electron chi connectivity index (χ4n) is 2.98. The van der Waals surface area contributed by atoms with Crippen molar-refractivity contribution in [1.29, 1.82) is 0 Å². The summed E-state index contributed by atoms with van der Waals surface area (Å²) >= 11 is 0. The van der Waals surface area contributed by atoms with Gasteiger partial charge in [-0.2, -0.15) is 0 Å². The Balaban J connectivity index is 1.75. The lowest BCUT2D eigenvalue weighted by atomic mass is 10.2. The normalized spacial score (nSPS) is 12.6. The minimum absolute atomic E-state index is 0.137. The standard InChI is InChI=1S/C20H33N5O2S/c1-4-21-20(22-13-8-15-24(3)28(26,27)5-2)23-14-9-16-25-17-12-18-10-6-7-11-19(18)25/h6-7,10-12,17H,4-5,8-9,13-16H2,1-3H3,(H2,21,22,23). The largest absolute Gasteiger partial charge is 0.357 e. The van der Waals surface area contributed by atoms with Crippen molar-refractivity contribution < 1.29 is 8.42 Å². The van der Waals surface area contributed by atoms with Gasteiger partial charge in [-0.05, 0) is 44.2 Å². The molecule has 0 amide bonds. The number of sulfonamides is 1. The first-order valence-corrected chi connectivity index (χ1v) is 11.6. The number of hydrogen-bond acceptors (Lipinski definition) is 3. The molecule has 7 nitrogen and oxygen atoms in total. The smallest absolute Gasteiger partial charge is 0.213 e. The van der Waals surface area contributed by atoms with Crippen LogP contribution in [-0.2, 0) is 16.6 Å². The SMILES string of the molecule is CCNC(=NCCCn1ccc2ccccc21)NCCCN(C)S(=O)(=O)CC. The average Bonchev–Trinajstić information content (AvgIpc) is 3.11. The molecule has 2 aromatic rings. The van der Waals surface area contributed by atoms with Crippen LogP contribution < -0.4 is 10.6 Å². The van der Waals surface area contributed by atoms with Gasteiger partial charge in [0.2, 0.25) is 10.0 Å². The molecule has 1 aromatic heterocycles. The van der Waals surface area contributed by atoms with Crippen LogP contribution in [-0.4, -0.2) is 62.2 Å². The third-order valence-corrected chi connectivity index (χ3v) is 6.50. The van der Waals surface area contributed by atoms with Crippen LogP contribution in [0.15, 0.2) is 41.5 Å². The number of fused-ring (bicyclic) bond motifs is 1. The maximum absolute atomic E-state index is 11.8. The zero-order valence-electron chi connectivity index (χ0n) is 17.2. The van der Waals surface area contributed by atoms with E-state index < -0.39 is 10.0 Å². The number of benzene rings is 1. The van der Waals surface area contributed by atoms with E-state index in [0.29, 0.717) is 13.1 Å². The van der Waals surface area contributed by atoms with E-state index in [1.165, 1.54) is 15.2 Å². The first kappa shape index (κ1) is 22.2. The number of hydrogen-bond donors (Lipinski definition) is 2. The Morgan fingerprint density at radius 3 is 2.68 bits per heavy atom. The van der Waals surface area contributed by atoms with E-state index >= 15 is 0 Å². The molecule has 0 spiro atoms. The molecule has 0 aliphatic rings. The first-order valence-electron chi connectivity index (χ1n) is 9.98. The minimum Gasteiger partial charge on any atom is -0.357 e. The molecule has 1 aromatic carbocycles. The molecule has 156 valence electrons. The second-order valence-electron chi connectivity index (χ2n) is 6.68. The van der Waals surface area contributed by atoms with Crippen molar-refractivity contribution in [3.63, 3.8) is 0 Å². The van der Waals surface area contributed by atoms with Crippen LogP contribution in [0.3, 0.4) is 0 Å². The highest BCUT2D eigenvalue weighted by atomic mass is 32.2. The quantitative estimate of drug-likeness (QED) is 0.340. The van der Waals surface area contributed by atoms with Crippen molar-refractivity contribution in [2.75, 3.05) is 39.0 Å². The van der Waals surface area contributed by atoms with Gasteiger partial charge >= 0.3 is 0 Å². The Morgan fingerprint density at radius 2 is 1.93 bits per heavy atom. The van der Waals surface area contributed by atoms with E-state index in [2.05, 4.69) is 56.7 Å². The molecule has 1 heterocycles. The number of rotatable bonds is 11. The summed E-state index contributed by atoms with van der Waals surface area (Å²) in [6.07, 6.45) is 3.81. The highest BCUT2D eigenvalue weighted by Crippen LogP contribution is 2.15. The number of para-hydroxylation sites is 1. The summed E-state index contributed by atoms with van der Waals surface area (Å²) < 4.78 is 27.2. The second-order valence-corrected chi connectivity index (χ2v) is 9.05. The summed E-state index contributed by atoms with van der Waals surface area (Å²) in [4.78, 5) is 4.62. The monoisotopic (exact) mass is 407 g/mol. The lowest BCUT2D eigenvalue weighted by molar-refractivity contribution is 0.461. The molecule has 8 heteroatoms. The third kappa shape index (κ3) is 6.53. The topological polar surface area (TPSA) is 78.7 Å². The predicted octanol–water partition coefficient (Wildman–Crippen LogP) is 2.26. The van der Waals surface area contributed by atoms with Crippen LogP contribution >= 0.6 is 0 Å². The van der Waals surface area contributed by atoms with Crippen molar-refractivity contribution >= 4 is 26.9 Å². The van der Waals surface area contributed by atoms with Gasteiger partial charge in [0.25, 0.3) is 0 Å². The summed E-state index contributed by atoms with van der Waals surface area (Å²) in [6.45, 7) is 7.32. The van der Waals surface area contributed by atoms with Crippen molar-refractivity contribution in [3.05, 3.63) is 36.5 Å². The molecule has 2 N–H and O–H groups in total. The molecule has 0 unspecified atom stereocenters. The van der Waals surface area contributed by atoms with Gasteiger partial charge in [0.05, 0.1) is 5.75 Å². The van der Waals surface area contributed by atoms with E-state index in [-0.39, 0.29) is 5.75 Å². The highest BCUT2D eigenvalue weighted by Gasteiger charge is 2.13. The van der Waals surface area contributed by atoms with Gasteiger partial charge in [0, 0.05) is 51.5 Å². The Kier molecular flexibility index (Phi) is 8.79. The molecule has 0 aliphatic heterocycles. The summed E-state index contributed by atoms with van der Waals surface area (Å²) in [7, 11) is -1.48. The molecule has 0 saturated carbocycles. The van der Waals surface area contributed by atoms with Crippen molar-refractivity contribution in [2.24, 2.45) is 4.99 Å². The zero-order valence-corrected chi connectivity index (χ0v) is 18.0. The second kappa shape index (κ2) is 11.1. The van der Waals surface area contributed by atoms with Gasteiger partial charge in [-0.15, -0.1) is 0 Å². The summed E-state index contributed by atoms with van der Waals surface area (Å²) in [5.74, 6) is 0.915. The van der Waals surface area contributed by atoms with Crippen LogP contribution in [0.4, 0.5) is 0 Å². The van der Waals surface area contributed by atoms with Gasteiger partial charge < -0.3 is 15.2 Å². The number of guanidine groups is 1. The van der Waals surface area contributed by atoms with E-state index in [9.17, 15) is 8.42 Å². The van der Waals surface area contributed by atoms with Crippen LogP contribution in [0, 0.1) is 0 Å². The molecule has 0 atom stereocenters. The van der Waals surface area contributed by atoms with Gasteiger partial charge in [0.1, 0.15) is 0 Å². The van der Waals surface area contributed by atoms with Crippen LogP contribution in [0.1, 0.15) is 26.7 Å². The molecule has 0 radical (unpaired) electrons. The van der Waals surface area contributed by atoms with Crippen molar-refractivity contribution in [3.8, 4) is 0 Å². The number of nitrogens with zero attached hydrogens (tertiary/aromatic N) is 3. The Bertz CT molecular complexity index is 860. The molecule has 0 bridgehead atoms. The maximum Gasteiger partial charge on any atom is 0.213 e. The Labute approximate surface area is 168 Å². The Hall–Kier alpha value is -2.06. The average molecular weight is 408 g/mol. The summed E-state index contributed by atoms with van der Waals surface area (Å²) in [6, 6.07) is 10.5. The number of aromatic nitrogens is 1. The predicted molar refractivity (Wildman–Crippen MR) is 117 cm³/mol. The first-order chi connectivity index (χ1) is 13.5. The fraction of sp³-hybridized carbons (Fsp3) is 0.550. The van der Waals surface area contributed by atoms with E-state index in [1.807, 2.05) is 6.92 Å². The van der Waals surface area contributed by atoms with Gasteiger partial charge in [-0.3, -0.25) is 4.99 Å². The minimum atomic E-state index is -3.11. The molecular weight excluding hydrogens is 374 g/mol. The van der Waals surface area contributed by atoms with Gasteiger partial charge in [-0.25, -0.2) is 12.7 Å². The van der Waals surface area contributed by atoms with Crippen molar-refractivity contribution in [2.45, 2.75) is 33.2 Å². The fourth-order valence-corrected chi connectivity index (χ4v) is 3.83. The highest BCUT2D eigenvalue weighted by molar-refractivity contribution is 7.89. The number of aryl methyl sites for hydroxylation is 1. The van der Waals surface area contributed by atoms with Crippen LogP contribution in [0.5, 0.6) is 0 Å². The third-order valence-electron chi connectivity index (χ3n) is 4.63. The molecular formula is C20H33N5O2S. The van der Waals surface area contributed by atoms with Gasteiger partial charge in [0.15, 0.2) is 5.96 Å². The zero-order chi connectivity index (χ0) is 20.4. The summed E-state index contributed by atoms with van der Waals surface area (Å²) in [5.41, 5.74) is 1.25. The van der Waals surface area contributed by atoms with E-state index in [0.717, 1.165) is 38.4 Å². The maximum atomic E-state index is 11.8. The lowest BCUT2D eigenvalue weighted by Gasteiger charge is -2.16. The van der Waals surface area contributed by atoms with Crippen LogP contribution in [0.25, 0.3) is 10.9 Å². The Morgan fingerprint density at radius 1 is 1.14 bits per heavy atom. The molecule has 0 aliphatic carbocycles. The lowest BCUT2D eigenvalue weighted by Crippen LogP contribution is -2.39. The molecule has 0 fully saturated rings. The van der Waals surface area contributed by atoms with E-state index in [1.54, 1.807) is 14.0 Å². The van der Waals surface area contributed by atoms with Crippen LogP contribution in [0.2, 0.25) is 0 Å². The molecule has 28 heavy (non-hydrogen) atoms. The number of nitrogens with one attached hydrogen (secondary N) is 2. The number of aliphatic imine (C=N–C) groups is 1.